The Hall–Kier alpha value is -1.34. The molecule has 0 atom stereocenters. The van der Waals surface area contributed by atoms with Gasteiger partial charge in [-0.2, -0.15) is 0 Å². The van der Waals surface area contributed by atoms with Crippen molar-refractivity contribution in [3.63, 3.8) is 0 Å². The van der Waals surface area contributed by atoms with Crippen molar-refractivity contribution in [3.8, 4) is 0 Å². The minimum atomic E-state index is -1.02. The summed E-state index contributed by atoms with van der Waals surface area (Å²) in [5, 5.41) is 11.5. The summed E-state index contributed by atoms with van der Waals surface area (Å²) in [5.74, 6) is -1.02. The van der Waals surface area contributed by atoms with Gasteiger partial charge < -0.3 is 25.0 Å². The zero-order valence-corrected chi connectivity index (χ0v) is 12.1. The van der Waals surface area contributed by atoms with Crippen LogP contribution >= 0.6 is 0 Å². The number of carboxylic acids is 1. The van der Waals surface area contributed by atoms with Crippen LogP contribution in [0.1, 0.15) is 19.3 Å². The fourth-order valence-electron chi connectivity index (χ4n) is 2.23. The highest BCUT2D eigenvalue weighted by molar-refractivity contribution is 5.80. The molecule has 0 aromatic rings. The number of nitrogens with one attached hydrogen (secondary N) is 1. The minimum Gasteiger partial charge on any atom is -0.480 e. The summed E-state index contributed by atoms with van der Waals surface area (Å²) in [6, 6.07) is -0.342. The molecule has 2 N–H and O–H groups in total. The molecule has 0 bridgehead atoms. The van der Waals surface area contributed by atoms with Crippen LogP contribution in [0.2, 0.25) is 0 Å². The van der Waals surface area contributed by atoms with Crippen molar-refractivity contribution in [3.05, 3.63) is 0 Å². The van der Waals surface area contributed by atoms with Crippen molar-refractivity contribution in [1.82, 2.24) is 15.1 Å². The summed E-state index contributed by atoms with van der Waals surface area (Å²) in [6.45, 7) is 4.14. The molecule has 0 aromatic heterocycles. The molecule has 2 amide bonds. The quantitative estimate of drug-likeness (QED) is 0.593. The third-order valence-corrected chi connectivity index (χ3v) is 3.30. The Kier molecular flexibility index (Phi) is 7.98. The van der Waals surface area contributed by atoms with Crippen molar-refractivity contribution in [2.75, 3.05) is 53.0 Å². The Morgan fingerprint density at radius 3 is 2.65 bits per heavy atom. The molecule has 0 aliphatic carbocycles. The van der Waals surface area contributed by atoms with E-state index in [1.54, 1.807) is 0 Å². The van der Waals surface area contributed by atoms with Crippen LogP contribution in [-0.4, -0.2) is 79.9 Å². The molecule has 1 rings (SSSR count). The van der Waals surface area contributed by atoms with E-state index < -0.39 is 5.97 Å². The molecule has 1 saturated heterocycles. The van der Waals surface area contributed by atoms with E-state index in [1.165, 1.54) is 24.9 Å². The van der Waals surface area contributed by atoms with E-state index in [0.29, 0.717) is 13.2 Å². The molecule has 1 aliphatic heterocycles. The fraction of sp³-hybridized carbons (Fsp3) is 0.846. The van der Waals surface area contributed by atoms with E-state index in [1.807, 2.05) is 0 Å². The summed E-state index contributed by atoms with van der Waals surface area (Å²) in [4.78, 5) is 26.2. The molecule has 0 spiro atoms. The molecule has 116 valence electrons. The Balaban J connectivity index is 2.20. The van der Waals surface area contributed by atoms with Gasteiger partial charge in [-0.3, -0.25) is 4.79 Å². The highest BCUT2D eigenvalue weighted by atomic mass is 16.5. The number of carbonyl (C=O) groups excluding carboxylic acids is 1. The third-order valence-electron chi connectivity index (χ3n) is 3.30. The second-order valence-electron chi connectivity index (χ2n) is 4.94. The van der Waals surface area contributed by atoms with Gasteiger partial charge in [0.25, 0.3) is 0 Å². The Morgan fingerprint density at radius 1 is 1.35 bits per heavy atom. The summed E-state index contributed by atoms with van der Waals surface area (Å²) in [7, 11) is 1.52. The standard InChI is InChI=1S/C13H25N3O4/c1-20-10-9-16(11-12(17)18)13(19)14-5-4-8-15-6-2-3-7-15/h2-11H2,1H3,(H,14,19)(H,17,18). The SMILES string of the molecule is COCCN(CC(=O)O)C(=O)NCCCN1CCCC1. The zero-order chi connectivity index (χ0) is 14.8. The first-order valence-electron chi connectivity index (χ1n) is 7.09. The van der Waals surface area contributed by atoms with Crippen LogP contribution in [0.4, 0.5) is 4.79 Å². The summed E-state index contributed by atoms with van der Waals surface area (Å²) < 4.78 is 4.88. The van der Waals surface area contributed by atoms with Gasteiger partial charge in [-0.15, -0.1) is 0 Å². The lowest BCUT2D eigenvalue weighted by molar-refractivity contribution is -0.137. The van der Waals surface area contributed by atoms with Crippen LogP contribution in [0.5, 0.6) is 0 Å². The number of hydrogen-bond acceptors (Lipinski definition) is 4. The minimum absolute atomic E-state index is 0.279. The van der Waals surface area contributed by atoms with Crippen molar-refractivity contribution in [1.29, 1.82) is 0 Å². The molecule has 0 unspecified atom stereocenters. The summed E-state index contributed by atoms with van der Waals surface area (Å²) in [5.41, 5.74) is 0. The van der Waals surface area contributed by atoms with E-state index >= 15 is 0 Å². The summed E-state index contributed by atoms with van der Waals surface area (Å²) in [6.07, 6.45) is 3.41. The Morgan fingerprint density at radius 2 is 2.05 bits per heavy atom. The number of hydrogen-bond donors (Lipinski definition) is 2. The Bertz CT molecular complexity index is 306. The van der Waals surface area contributed by atoms with Gasteiger partial charge in [0, 0.05) is 20.2 Å². The van der Waals surface area contributed by atoms with Crippen molar-refractivity contribution < 1.29 is 19.4 Å². The normalized spacial score (nSPS) is 15.2. The monoisotopic (exact) mass is 287 g/mol. The van der Waals surface area contributed by atoms with Gasteiger partial charge in [0.1, 0.15) is 6.54 Å². The highest BCUT2D eigenvalue weighted by Gasteiger charge is 2.16. The fourth-order valence-corrected chi connectivity index (χ4v) is 2.23. The number of ether oxygens (including phenoxy) is 1. The van der Waals surface area contributed by atoms with E-state index in [9.17, 15) is 9.59 Å². The van der Waals surface area contributed by atoms with E-state index in [2.05, 4.69) is 10.2 Å². The largest absolute Gasteiger partial charge is 0.480 e. The second-order valence-corrected chi connectivity index (χ2v) is 4.94. The molecule has 7 nitrogen and oxygen atoms in total. The topological polar surface area (TPSA) is 82.1 Å². The third kappa shape index (κ3) is 6.72. The second kappa shape index (κ2) is 9.55. The predicted molar refractivity (Wildman–Crippen MR) is 74.8 cm³/mol. The average molecular weight is 287 g/mol. The van der Waals surface area contributed by atoms with Crippen LogP contribution in [-0.2, 0) is 9.53 Å². The van der Waals surface area contributed by atoms with Gasteiger partial charge in [-0.25, -0.2) is 4.79 Å². The molecule has 0 radical (unpaired) electrons. The number of urea groups is 1. The van der Waals surface area contributed by atoms with Crippen molar-refractivity contribution in [2.24, 2.45) is 0 Å². The Labute approximate surface area is 119 Å². The molecule has 0 saturated carbocycles. The van der Waals surface area contributed by atoms with E-state index in [4.69, 9.17) is 9.84 Å². The maximum Gasteiger partial charge on any atom is 0.323 e. The number of carboxylic acid groups (broad SMARTS) is 1. The number of rotatable bonds is 9. The number of nitrogens with zero attached hydrogens (tertiary/aromatic N) is 2. The lowest BCUT2D eigenvalue weighted by Gasteiger charge is -2.21. The molecule has 1 heterocycles. The number of methoxy groups -OCH3 is 1. The lowest BCUT2D eigenvalue weighted by atomic mass is 10.4. The average Bonchev–Trinajstić information content (AvgIpc) is 2.92. The first-order chi connectivity index (χ1) is 9.63. The number of aliphatic carboxylic acids is 1. The summed E-state index contributed by atoms with van der Waals surface area (Å²) >= 11 is 0. The predicted octanol–water partition coefficient (Wildman–Crippen LogP) is 0.215. The van der Waals surface area contributed by atoms with Gasteiger partial charge >= 0.3 is 12.0 Å². The molecular formula is C13H25N3O4. The molecule has 1 aliphatic rings. The maximum atomic E-state index is 11.9. The number of amides is 2. The number of likely N-dealkylation sites (tertiary alicyclic amines) is 1. The zero-order valence-electron chi connectivity index (χ0n) is 12.1. The van der Waals surface area contributed by atoms with Crippen LogP contribution in [0.3, 0.4) is 0 Å². The van der Waals surface area contributed by atoms with Gasteiger partial charge in [0.15, 0.2) is 0 Å². The van der Waals surface area contributed by atoms with Gasteiger partial charge in [0.2, 0.25) is 0 Å². The van der Waals surface area contributed by atoms with Gasteiger partial charge in [-0.1, -0.05) is 0 Å². The van der Waals surface area contributed by atoms with E-state index in [-0.39, 0.29) is 19.1 Å². The first kappa shape index (κ1) is 16.7. The number of carbonyl (C=O) groups is 2. The smallest absolute Gasteiger partial charge is 0.323 e. The van der Waals surface area contributed by atoms with E-state index in [0.717, 1.165) is 26.1 Å². The van der Waals surface area contributed by atoms with Crippen molar-refractivity contribution in [2.45, 2.75) is 19.3 Å². The van der Waals surface area contributed by atoms with Crippen LogP contribution in [0.25, 0.3) is 0 Å². The molecular weight excluding hydrogens is 262 g/mol. The van der Waals surface area contributed by atoms with Gasteiger partial charge in [0.05, 0.1) is 6.61 Å². The van der Waals surface area contributed by atoms with Crippen LogP contribution < -0.4 is 5.32 Å². The van der Waals surface area contributed by atoms with Gasteiger partial charge in [-0.05, 0) is 38.9 Å². The molecule has 20 heavy (non-hydrogen) atoms. The first-order valence-corrected chi connectivity index (χ1v) is 7.09. The van der Waals surface area contributed by atoms with Crippen molar-refractivity contribution >= 4 is 12.0 Å². The lowest BCUT2D eigenvalue weighted by Crippen LogP contribution is -2.44. The van der Waals surface area contributed by atoms with Crippen LogP contribution in [0, 0.1) is 0 Å². The molecule has 0 aromatic carbocycles. The maximum absolute atomic E-state index is 11.9. The van der Waals surface area contributed by atoms with Crippen LogP contribution in [0.15, 0.2) is 0 Å². The molecule has 7 heteroatoms. The molecule has 1 fully saturated rings. The highest BCUT2D eigenvalue weighted by Crippen LogP contribution is 2.06.